The zero-order chi connectivity index (χ0) is 16.6. The molecule has 0 unspecified atom stereocenters. The number of fused-ring (bicyclic) bond motifs is 1. The van der Waals surface area contributed by atoms with Crippen molar-refractivity contribution in [1.29, 1.82) is 0 Å². The third kappa shape index (κ3) is 2.76. The number of carboxylic acids is 1. The lowest BCUT2D eigenvalue weighted by molar-refractivity contribution is 0.0696. The molecule has 0 atom stereocenters. The smallest absolute Gasteiger partial charge is 0.337 e. The summed E-state index contributed by atoms with van der Waals surface area (Å²) < 4.78 is 1.60. The second-order valence-electron chi connectivity index (χ2n) is 5.14. The third-order valence-corrected chi connectivity index (χ3v) is 3.44. The number of aromatic carboxylic acids is 1. The molecule has 0 amide bonds. The molecular formula is C16H14N4O3. The van der Waals surface area contributed by atoms with E-state index in [1.165, 1.54) is 18.3 Å². The van der Waals surface area contributed by atoms with Gasteiger partial charge < -0.3 is 10.2 Å². The van der Waals surface area contributed by atoms with E-state index < -0.39 is 5.97 Å². The second-order valence-corrected chi connectivity index (χ2v) is 5.14. The van der Waals surface area contributed by atoms with Crippen molar-refractivity contribution < 1.29 is 15.0 Å². The van der Waals surface area contributed by atoms with Crippen molar-refractivity contribution in [2.24, 2.45) is 10.2 Å². The zero-order valence-corrected chi connectivity index (χ0v) is 12.6. The summed E-state index contributed by atoms with van der Waals surface area (Å²) in [5.74, 6) is -0.385. The normalized spacial score (nSPS) is 11.4. The second kappa shape index (κ2) is 5.53. The lowest BCUT2D eigenvalue weighted by Gasteiger charge is -2.01. The lowest BCUT2D eigenvalue weighted by Crippen LogP contribution is -1.98. The van der Waals surface area contributed by atoms with E-state index in [1.54, 1.807) is 29.5 Å². The molecule has 7 heteroatoms. The van der Waals surface area contributed by atoms with Crippen LogP contribution in [0.2, 0.25) is 0 Å². The van der Waals surface area contributed by atoms with Crippen LogP contribution >= 0.6 is 0 Å². The largest absolute Gasteiger partial charge is 0.508 e. The van der Waals surface area contributed by atoms with Gasteiger partial charge >= 0.3 is 5.97 Å². The van der Waals surface area contributed by atoms with Crippen LogP contribution in [0.1, 0.15) is 21.6 Å². The first-order valence-corrected chi connectivity index (χ1v) is 6.89. The number of aromatic nitrogens is 2. The molecule has 0 bridgehead atoms. The fourth-order valence-electron chi connectivity index (χ4n) is 2.25. The highest BCUT2D eigenvalue weighted by Gasteiger charge is 2.11. The van der Waals surface area contributed by atoms with Gasteiger partial charge in [0.15, 0.2) is 5.82 Å². The average molecular weight is 310 g/mol. The van der Waals surface area contributed by atoms with Crippen LogP contribution in [0.25, 0.3) is 5.65 Å². The standard InChI is InChI=1S/C16H14N4O3/c1-9-7-12(21)4-5-13(9)18-19-15-10(2)17-14-6-3-11(16(22)23)8-20(14)15/h3-8,21H,1-2H3,(H,22,23). The van der Waals surface area contributed by atoms with Gasteiger partial charge in [0.25, 0.3) is 0 Å². The van der Waals surface area contributed by atoms with E-state index in [1.807, 2.05) is 6.92 Å². The summed E-state index contributed by atoms with van der Waals surface area (Å²) in [6, 6.07) is 7.91. The van der Waals surface area contributed by atoms with Gasteiger partial charge in [-0.3, -0.25) is 4.40 Å². The zero-order valence-electron chi connectivity index (χ0n) is 12.6. The van der Waals surface area contributed by atoms with Crippen LogP contribution < -0.4 is 0 Å². The van der Waals surface area contributed by atoms with Crippen molar-refractivity contribution in [3.63, 3.8) is 0 Å². The van der Waals surface area contributed by atoms with Crippen molar-refractivity contribution in [2.45, 2.75) is 13.8 Å². The minimum absolute atomic E-state index is 0.146. The van der Waals surface area contributed by atoms with Gasteiger partial charge in [0.1, 0.15) is 11.4 Å². The topological polar surface area (TPSA) is 99.5 Å². The van der Waals surface area contributed by atoms with Gasteiger partial charge in [-0.15, -0.1) is 10.2 Å². The number of hydrogen-bond acceptors (Lipinski definition) is 5. The van der Waals surface area contributed by atoms with Crippen LogP contribution in [0.4, 0.5) is 11.5 Å². The van der Waals surface area contributed by atoms with Crippen molar-refractivity contribution in [2.75, 3.05) is 0 Å². The minimum atomic E-state index is -1.02. The Kier molecular flexibility index (Phi) is 3.53. The van der Waals surface area contributed by atoms with E-state index in [-0.39, 0.29) is 11.3 Å². The maximum atomic E-state index is 11.1. The number of carbonyl (C=O) groups is 1. The van der Waals surface area contributed by atoms with Crippen LogP contribution in [0.3, 0.4) is 0 Å². The van der Waals surface area contributed by atoms with E-state index in [0.29, 0.717) is 22.8 Å². The Morgan fingerprint density at radius 1 is 1.17 bits per heavy atom. The Labute approximate surface area is 131 Å². The Hall–Kier alpha value is -3.22. The first-order chi connectivity index (χ1) is 11.0. The summed E-state index contributed by atoms with van der Waals surface area (Å²) in [5.41, 5.74) is 2.79. The lowest BCUT2D eigenvalue weighted by atomic mass is 10.2. The molecule has 0 aliphatic rings. The molecule has 0 saturated carbocycles. The van der Waals surface area contributed by atoms with Crippen LogP contribution in [0.15, 0.2) is 46.8 Å². The summed E-state index contributed by atoms with van der Waals surface area (Å²) in [6.07, 6.45) is 1.47. The molecule has 0 saturated heterocycles. The van der Waals surface area contributed by atoms with Gasteiger partial charge in [0, 0.05) is 6.20 Å². The van der Waals surface area contributed by atoms with Crippen LogP contribution in [0.5, 0.6) is 5.75 Å². The highest BCUT2D eigenvalue weighted by atomic mass is 16.4. The Morgan fingerprint density at radius 3 is 2.65 bits per heavy atom. The molecule has 0 radical (unpaired) electrons. The Balaban J connectivity index is 2.08. The molecule has 0 fully saturated rings. The predicted molar refractivity (Wildman–Crippen MR) is 83.9 cm³/mol. The number of imidazole rings is 1. The summed E-state index contributed by atoms with van der Waals surface area (Å²) >= 11 is 0. The molecule has 0 spiro atoms. The number of hydrogen-bond donors (Lipinski definition) is 2. The van der Waals surface area contributed by atoms with Crippen LogP contribution in [-0.4, -0.2) is 25.6 Å². The van der Waals surface area contributed by atoms with Crippen molar-refractivity contribution in [1.82, 2.24) is 9.38 Å². The van der Waals surface area contributed by atoms with E-state index in [2.05, 4.69) is 15.2 Å². The predicted octanol–water partition coefficient (Wildman–Crippen LogP) is 3.77. The number of benzene rings is 1. The minimum Gasteiger partial charge on any atom is -0.508 e. The van der Waals surface area contributed by atoms with E-state index >= 15 is 0 Å². The van der Waals surface area contributed by atoms with Gasteiger partial charge in [0.05, 0.1) is 16.9 Å². The number of nitrogens with zero attached hydrogens (tertiary/aromatic N) is 4. The van der Waals surface area contributed by atoms with Gasteiger partial charge in [0.2, 0.25) is 0 Å². The first kappa shape index (κ1) is 14.7. The number of azo groups is 1. The SMILES string of the molecule is Cc1cc(O)ccc1N=Nc1c(C)nc2ccc(C(=O)O)cn12. The molecule has 2 aromatic heterocycles. The van der Waals surface area contributed by atoms with Crippen molar-refractivity contribution >= 4 is 23.1 Å². The quantitative estimate of drug-likeness (QED) is 0.719. The number of rotatable bonds is 3. The fourth-order valence-corrected chi connectivity index (χ4v) is 2.25. The maximum Gasteiger partial charge on any atom is 0.337 e. The van der Waals surface area contributed by atoms with Crippen molar-refractivity contribution in [3.05, 3.63) is 53.3 Å². The number of pyridine rings is 1. The summed E-state index contributed by atoms with van der Waals surface area (Å²) in [5, 5.41) is 26.9. The molecule has 0 aliphatic heterocycles. The third-order valence-electron chi connectivity index (χ3n) is 3.44. The molecule has 23 heavy (non-hydrogen) atoms. The molecule has 1 aromatic carbocycles. The van der Waals surface area contributed by atoms with Crippen LogP contribution in [0, 0.1) is 13.8 Å². The summed E-state index contributed by atoms with van der Waals surface area (Å²) in [4.78, 5) is 15.4. The van der Waals surface area contributed by atoms with Crippen LogP contribution in [-0.2, 0) is 0 Å². The molecular weight excluding hydrogens is 296 g/mol. The number of aromatic hydroxyl groups is 1. The van der Waals surface area contributed by atoms with E-state index in [0.717, 1.165) is 5.56 Å². The maximum absolute atomic E-state index is 11.1. The first-order valence-electron chi connectivity index (χ1n) is 6.89. The molecule has 0 aliphatic carbocycles. The summed E-state index contributed by atoms with van der Waals surface area (Å²) in [7, 11) is 0. The number of carboxylic acid groups (broad SMARTS) is 1. The van der Waals surface area contributed by atoms with Gasteiger partial charge in [-0.1, -0.05) is 0 Å². The monoisotopic (exact) mass is 310 g/mol. The molecule has 3 aromatic rings. The molecule has 2 heterocycles. The average Bonchev–Trinajstić information content (AvgIpc) is 2.81. The molecule has 116 valence electrons. The summed E-state index contributed by atoms with van der Waals surface area (Å²) in [6.45, 7) is 3.60. The number of aryl methyl sites for hydroxylation is 2. The highest BCUT2D eigenvalue weighted by Crippen LogP contribution is 2.27. The number of phenolic OH excluding ortho intramolecular Hbond substituents is 1. The molecule has 3 rings (SSSR count). The van der Waals surface area contributed by atoms with Gasteiger partial charge in [-0.2, -0.15) is 0 Å². The number of phenols is 1. The fraction of sp³-hybridized carbons (Fsp3) is 0.125. The molecule has 2 N–H and O–H groups in total. The Morgan fingerprint density at radius 2 is 1.96 bits per heavy atom. The van der Waals surface area contributed by atoms with Gasteiger partial charge in [-0.05, 0) is 49.7 Å². The van der Waals surface area contributed by atoms with E-state index in [9.17, 15) is 9.90 Å². The molecule has 7 nitrogen and oxygen atoms in total. The Bertz CT molecular complexity index is 944. The van der Waals surface area contributed by atoms with Gasteiger partial charge in [-0.25, -0.2) is 9.78 Å². The van der Waals surface area contributed by atoms with E-state index in [4.69, 9.17) is 5.11 Å². The highest BCUT2D eigenvalue weighted by molar-refractivity contribution is 5.87. The van der Waals surface area contributed by atoms with Crippen molar-refractivity contribution in [3.8, 4) is 5.75 Å².